The van der Waals surface area contributed by atoms with Gasteiger partial charge in [0.25, 0.3) is 0 Å². The van der Waals surface area contributed by atoms with E-state index in [-0.39, 0.29) is 6.61 Å². The first-order valence-corrected chi connectivity index (χ1v) is 8.62. The lowest BCUT2D eigenvalue weighted by Crippen LogP contribution is -2.59. The summed E-state index contributed by atoms with van der Waals surface area (Å²) in [6, 6.07) is 0. The highest BCUT2D eigenvalue weighted by Gasteiger charge is 2.44. The Kier molecular flexibility index (Phi) is 10.2. The van der Waals surface area contributed by atoms with Gasteiger partial charge in [0.1, 0.15) is 24.4 Å². The van der Waals surface area contributed by atoms with Crippen LogP contribution in [0.2, 0.25) is 0 Å². The maximum atomic E-state index is 9.91. The Morgan fingerprint density at radius 3 is 2.17 bits per heavy atom. The van der Waals surface area contributed by atoms with Crippen LogP contribution in [0.4, 0.5) is 0 Å². The first-order valence-electron chi connectivity index (χ1n) is 8.62. The molecule has 0 aliphatic carbocycles. The molecule has 1 aliphatic heterocycles. The summed E-state index contributed by atoms with van der Waals surface area (Å²) in [4.78, 5) is 0. The molecule has 1 heterocycles. The van der Waals surface area contributed by atoms with E-state index in [1.54, 1.807) is 0 Å². The molecule has 1 aliphatic rings. The van der Waals surface area contributed by atoms with Gasteiger partial charge in [-0.3, -0.25) is 0 Å². The quantitative estimate of drug-likeness (QED) is 0.335. The molecule has 7 nitrogen and oxygen atoms in total. The van der Waals surface area contributed by atoms with E-state index in [0.717, 1.165) is 19.3 Å². The average molecular weight is 336 g/mol. The molecule has 5 N–H and O–H groups in total. The molecule has 0 amide bonds. The summed E-state index contributed by atoms with van der Waals surface area (Å²) in [6.07, 6.45) is 0.367. The van der Waals surface area contributed by atoms with Crippen molar-refractivity contribution >= 4 is 0 Å². The van der Waals surface area contributed by atoms with E-state index in [2.05, 4.69) is 6.92 Å². The zero-order chi connectivity index (χ0) is 17.2. The summed E-state index contributed by atoms with van der Waals surface area (Å²) in [6.45, 7) is 1.45. The molecule has 0 aromatic rings. The highest BCUT2D eigenvalue weighted by molar-refractivity contribution is 4.89. The van der Waals surface area contributed by atoms with Gasteiger partial charge in [-0.15, -0.1) is 0 Å². The molecule has 1 fully saturated rings. The fraction of sp³-hybridized carbons (Fsp3) is 1.00. The smallest absolute Gasteiger partial charge is 0.187 e. The van der Waals surface area contributed by atoms with Crippen LogP contribution < -0.4 is 0 Å². The standard InChI is InChI=1S/C16H32O7/c1-2-3-4-5-6-7-8-11(9-17)22-16-15(21)14(20)13(19)12(10-18)23-16/h11-21H,2-10H2,1H3/t11-,12-,13-,14+,15-,16-/m1/s1. The van der Waals surface area contributed by atoms with Gasteiger partial charge in [-0.05, 0) is 6.42 Å². The molecule has 0 aromatic carbocycles. The van der Waals surface area contributed by atoms with Crippen LogP contribution in [0.1, 0.15) is 51.9 Å². The van der Waals surface area contributed by atoms with Crippen LogP contribution in [0.3, 0.4) is 0 Å². The number of aliphatic hydroxyl groups is 5. The molecule has 0 spiro atoms. The highest BCUT2D eigenvalue weighted by atomic mass is 16.7. The predicted molar refractivity (Wildman–Crippen MR) is 83.7 cm³/mol. The molecule has 7 heteroatoms. The van der Waals surface area contributed by atoms with Gasteiger partial charge in [0.2, 0.25) is 0 Å². The van der Waals surface area contributed by atoms with E-state index in [9.17, 15) is 20.4 Å². The molecule has 0 radical (unpaired) electrons. The second-order valence-corrected chi connectivity index (χ2v) is 6.19. The molecule has 0 unspecified atom stereocenters. The number of ether oxygens (including phenoxy) is 2. The summed E-state index contributed by atoms with van der Waals surface area (Å²) in [5.74, 6) is 0. The molecule has 1 saturated heterocycles. The molecular formula is C16H32O7. The monoisotopic (exact) mass is 336 g/mol. The Balaban J connectivity index is 2.38. The van der Waals surface area contributed by atoms with Crippen LogP contribution in [0.25, 0.3) is 0 Å². The maximum Gasteiger partial charge on any atom is 0.187 e. The van der Waals surface area contributed by atoms with Crippen LogP contribution in [-0.2, 0) is 9.47 Å². The number of unbranched alkanes of at least 4 members (excludes halogenated alkanes) is 5. The third kappa shape index (κ3) is 6.62. The second-order valence-electron chi connectivity index (χ2n) is 6.19. The minimum atomic E-state index is -1.46. The number of aliphatic hydroxyl groups excluding tert-OH is 5. The van der Waals surface area contributed by atoms with Gasteiger partial charge >= 0.3 is 0 Å². The van der Waals surface area contributed by atoms with Crippen LogP contribution in [0, 0.1) is 0 Å². The minimum Gasteiger partial charge on any atom is -0.394 e. The number of hydrogen-bond donors (Lipinski definition) is 5. The van der Waals surface area contributed by atoms with Gasteiger partial charge in [-0.2, -0.15) is 0 Å². The summed E-state index contributed by atoms with van der Waals surface area (Å²) in [7, 11) is 0. The average Bonchev–Trinajstić information content (AvgIpc) is 2.56. The lowest BCUT2D eigenvalue weighted by Gasteiger charge is -2.40. The fourth-order valence-corrected chi connectivity index (χ4v) is 2.72. The zero-order valence-corrected chi connectivity index (χ0v) is 13.9. The van der Waals surface area contributed by atoms with Crippen LogP contribution in [0.15, 0.2) is 0 Å². The Bertz CT molecular complexity index is 300. The van der Waals surface area contributed by atoms with E-state index in [1.165, 1.54) is 19.3 Å². The van der Waals surface area contributed by atoms with E-state index >= 15 is 0 Å². The highest BCUT2D eigenvalue weighted by Crippen LogP contribution is 2.24. The first kappa shape index (κ1) is 20.8. The van der Waals surface area contributed by atoms with E-state index in [0.29, 0.717) is 6.42 Å². The van der Waals surface area contributed by atoms with Crippen LogP contribution >= 0.6 is 0 Å². The molecule has 138 valence electrons. The van der Waals surface area contributed by atoms with Gasteiger partial charge in [-0.25, -0.2) is 0 Å². The zero-order valence-electron chi connectivity index (χ0n) is 13.9. The van der Waals surface area contributed by atoms with Crippen LogP contribution in [0.5, 0.6) is 0 Å². The molecule has 0 aromatic heterocycles. The molecule has 6 atom stereocenters. The topological polar surface area (TPSA) is 120 Å². The molecule has 0 bridgehead atoms. The summed E-state index contributed by atoms with van der Waals surface area (Å²) >= 11 is 0. The lowest BCUT2D eigenvalue weighted by atomic mass is 9.99. The third-order valence-corrected chi connectivity index (χ3v) is 4.26. The summed E-state index contributed by atoms with van der Waals surface area (Å²) in [5.41, 5.74) is 0. The normalized spacial score (nSPS) is 32.9. The Hall–Kier alpha value is -0.280. The predicted octanol–water partition coefficient (Wildman–Crippen LogP) is -0.0856. The van der Waals surface area contributed by atoms with Crippen LogP contribution in [-0.4, -0.2) is 75.6 Å². The van der Waals surface area contributed by atoms with E-state index in [4.69, 9.17) is 14.6 Å². The Morgan fingerprint density at radius 2 is 1.57 bits per heavy atom. The van der Waals surface area contributed by atoms with Crippen molar-refractivity contribution in [3.63, 3.8) is 0 Å². The van der Waals surface area contributed by atoms with E-state index in [1.807, 2.05) is 0 Å². The number of rotatable bonds is 11. The molecule has 0 saturated carbocycles. The van der Waals surface area contributed by atoms with Crippen molar-refractivity contribution in [2.24, 2.45) is 0 Å². The Labute approximate surface area is 137 Å². The van der Waals surface area contributed by atoms with Crippen molar-refractivity contribution < 1.29 is 35.0 Å². The molecule has 23 heavy (non-hydrogen) atoms. The van der Waals surface area contributed by atoms with Gasteiger partial charge in [-0.1, -0.05) is 45.4 Å². The van der Waals surface area contributed by atoms with Crippen molar-refractivity contribution in [1.29, 1.82) is 0 Å². The maximum absolute atomic E-state index is 9.91. The van der Waals surface area contributed by atoms with Gasteiger partial charge in [0.05, 0.1) is 19.3 Å². The minimum absolute atomic E-state index is 0.218. The van der Waals surface area contributed by atoms with Gasteiger partial charge in [0, 0.05) is 0 Å². The van der Waals surface area contributed by atoms with Gasteiger partial charge < -0.3 is 35.0 Å². The Morgan fingerprint density at radius 1 is 0.913 bits per heavy atom. The van der Waals surface area contributed by atoms with E-state index < -0.39 is 43.4 Å². The van der Waals surface area contributed by atoms with Crippen molar-refractivity contribution in [2.45, 2.75) is 88.7 Å². The summed E-state index contributed by atoms with van der Waals surface area (Å²) < 4.78 is 10.8. The van der Waals surface area contributed by atoms with Crippen molar-refractivity contribution in [3.8, 4) is 0 Å². The lowest BCUT2D eigenvalue weighted by molar-refractivity contribution is -0.313. The SMILES string of the molecule is CCCCCCCC[C@H](CO)O[C@@H]1O[C@H](CO)[C@@H](O)[C@H](O)[C@H]1O. The van der Waals surface area contributed by atoms with Crippen molar-refractivity contribution in [1.82, 2.24) is 0 Å². The first-order chi connectivity index (χ1) is 11.0. The summed E-state index contributed by atoms with van der Waals surface area (Å²) in [5, 5.41) is 47.9. The third-order valence-electron chi connectivity index (χ3n) is 4.26. The molecule has 1 rings (SSSR count). The van der Waals surface area contributed by atoms with Crippen molar-refractivity contribution in [3.05, 3.63) is 0 Å². The number of hydrogen-bond acceptors (Lipinski definition) is 7. The largest absolute Gasteiger partial charge is 0.394 e. The molecular weight excluding hydrogens is 304 g/mol. The second kappa shape index (κ2) is 11.3. The fourth-order valence-electron chi connectivity index (χ4n) is 2.72. The van der Waals surface area contributed by atoms with Gasteiger partial charge in [0.15, 0.2) is 6.29 Å². The van der Waals surface area contributed by atoms with Crippen molar-refractivity contribution in [2.75, 3.05) is 13.2 Å².